The number of rotatable bonds is 57. The number of aromatic nitrogens is 6. The number of aliphatic hydroxyl groups excluding tert-OH is 3. The molecule has 4 heterocycles. The number of benzene rings is 1. The lowest BCUT2D eigenvalue weighted by Crippen LogP contribution is -2.62. The standard InChI is InChI=1S/C77H113N29O27/c1-34(60(117)94-43(14-9-17-88-77(82)83)63(120)104-59(37(4)109)73(130)103-52(30-107)75(132)133)92-64(121)47(23-54(79)110)98-67(124)45(21-40-28-85-32-90-40)96-66(123)44(20-39-27-84-31-89-39)97-68(125)49(25-56(113)114)100-71(128)53-15-10-18-106(53)74(131)51(19-38-11-6-5-7-12-38)102-61(118)35(2)93-65(122)48(24-55(111)112)99-69(126)50(26-57(115)116)101-72(129)58(36(3)108)105-70(127)46(22-41-29-86-33-91-41)95-62(119)42(78)13-8-16-87-76(80)81/h5-7,11-12,27-29,31-37,42-53,58-59,107-109H,8-10,13-26,30,78H2,1-4H3,(H2,79,110)(H,84,89)(H,85,90)(H,86,91)(H,92,121)(H,93,122)(H,94,117)(H,95,119)(H,96,123)(H,97,125)(H,98,124)(H,99,126)(H,100,128)(H,101,129)(H,102,118)(H,103,130)(H,104,120)(H,105,127)(H,111,112)(H,113,114)(H,115,116)(H,132,133)(H4,80,81,87)(H4,82,83,88)/t34-,35-,36+,37+,42-,43-,44-,45-,46-,47-,48-,49-,50-,51-,52-,53-,58-,59-/m0/s1. The van der Waals surface area contributed by atoms with Crippen LogP contribution >= 0.6 is 0 Å². The van der Waals surface area contributed by atoms with Crippen LogP contribution in [0.1, 0.15) is 115 Å². The maximum atomic E-state index is 15.0. The molecule has 1 aliphatic heterocycles. The number of amides is 16. The smallest absolute Gasteiger partial charge is 0.328 e. The Labute approximate surface area is 756 Å². The van der Waals surface area contributed by atoms with Gasteiger partial charge < -0.3 is 164 Å². The fourth-order valence-electron chi connectivity index (χ4n) is 13.1. The molecule has 5 rings (SSSR count). The number of likely N-dealkylation sites (tertiary alicyclic amines) is 1. The Bertz CT molecular complexity index is 4740. The summed E-state index contributed by atoms with van der Waals surface area (Å²) >= 11 is 0. The molecule has 0 aliphatic carbocycles. The number of hydrogen-bond donors (Lipinski definition) is 32. The molecule has 1 aromatic carbocycles. The van der Waals surface area contributed by atoms with E-state index in [2.05, 4.69) is 104 Å². The number of carboxylic acids is 4. The topological polar surface area (TPSA) is 917 Å². The highest BCUT2D eigenvalue weighted by Gasteiger charge is 2.43. The van der Waals surface area contributed by atoms with Crippen LogP contribution < -0.4 is 108 Å². The van der Waals surface area contributed by atoms with Crippen molar-refractivity contribution in [2.75, 3.05) is 26.2 Å². The van der Waals surface area contributed by atoms with Crippen molar-refractivity contribution in [3.05, 3.63) is 90.5 Å². The third-order valence-corrected chi connectivity index (χ3v) is 20.0. The van der Waals surface area contributed by atoms with Crippen LogP contribution in [-0.2, 0) is 122 Å². The van der Waals surface area contributed by atoms with Crippen LogP contribution in [0, 0.1) is 10.8 Å². The summed E-state index contributed by atoms with van der Waals surface area (Å²) < 4.78 is 0. The predicted molar refractivity (Wildman–Crippen MR) is 455 cm³/mol. The third-order valence-electron chi connectivity index (χ3n) is 20.0. The number of carbonyl (C=O) groups excluding carboxylic acids is 16. The molecular weight excluding hydrogens is 1760 g/mol. The average Bonchev–Trinajstić information content (AvgIpc) is 1.73. The van der Waals surface area contributed by atoms with Crippen molar-refractivity contribution in [2.24, 2.45) is 22.9 Å². The van der Waals surface area contributed by atoms with Crippen molar-refractivity contribution < 1.29 is 132 Å². The fraction of sp³-hybridized carbons (Fsp3) is 0.519. The zero-order chi connectivity index (χ0) is 99.0. The van der Waals surface area contributed by atoms with Crippen LogP contribution in [0.2, 0.25) is 0 Å². The summed E-state index contributed by atoms with van der Waals surface area (Å²) in [6.07, 6.45) is -2.58. The highest BCUT2D eigenvalue weighted by atomic mass is 16.4. The Kier molecular flexibility index (Phi) is 43.6. The van der Waals surface area contributed by atoms with Gasteiger partial charge in [0, 0.05) is 63.9 Å². The third kappa shape index (κ3) is 37.0. The van der Waals surface area contributed by atoms with Gasteiger partial charge in [-0.05, 0) is 71.8 Å². The summed E-state index contributed by atoms with van der Waals surface area (Å²) in [7, 11) is 0. The molecule has 18 atom stereocenters. The second-order valence-electron chi connectivity index (χ2n) is 30.8. The number of hydrogen-bond acceptors (Lipinski definition) is 29. The van der Waals surface area contributed by atoms with Crippen molar-refractivity contribution in [2.45, 2.75) is 226 Å². The number of imidazole rings is 3. The van der Waals surface area contributed by atoms with Crippen LogP contribution in [0.25, 0.3) is 0 Å². The molecule has 728 valence electrons. The summed E-state index contributed by atoms with van der Waals surface area (Å²) in [5, 5.41) is 122. The second-order valence-corrected chi connectivity index (χ2v) is 30.8. The predicted octanol–water partition coefficient (Wildman–Crippen LogP) is -13.1. The quantitative estimate of drug-likeness (QED) is 0.0111. The van der Waals surface area contributed by atoms with Crippen molar-refractivity contribution in [1.82, 2.24) is 120 Å². The van der Waals surface area contributed by atoms with Gasteiger partial charge in [0.15, 0.2) is 11.9 Å². The second kappa shape index (κ2) is 53.6. The number of nitrogens with one attached hydrogen (secondary N) is 21. The number of aliphatic carboxylic acids is 4. The van der Waals surface area contributed by atoms with E-state index in [1.54, 1.807) is 30.3 Å². The molecule has 36 N–H and O–H groups in total. The maximum absolute atomic E-state index is 15.0. The Hall–Kier alpha value is -15.4. The Morgan fingerprint density at radius 2 is 0.782 bits per heavy atom. The summed E-state index contributed by atoms with van der Waals surface area (Å²) in [6, 6.07) is -21.1. The zero-order valence-corrected chi connectivity index (χ0v) is 72.4. The fourth-order valence-corrected chi connectivity index (χ4v) is 13.1. The molecule has 1 aliphatic rings. The van der Waals surface area contributed by atoms with E-state index in [-0.39, 0.29) is 94.0 Å². The number of carbonyl (C=O) groups is 20. The summed E-state index contributed by atoms with van der Waals surface area (Å²) in [4.78, 5) is 294. The Morgan fingerprint density at radius 1 is 0.429 bits per heavy atom. The Morgan fingerprint density at radius 3 is 1.17 bits per heavy atom. The number of H-pyrrole nitrogens is 3. The average molecular weight is 1880 g/mol. The number of nitrogens with two attached hydrogens (primary N) is 4. The van der Waals surface area contributed by atoms with E-state index in [9.17, 15) is 132 Å². The van der Waals surface area contributed by atoms with Gasteiger partial charge in [0.25, 0.3) is 0 Å². The molecule has 56 heteroatoms. The summed E-state index contributed by atoms with van der Waals surface area (Å²) in [6.45, 7) is 3.03. The molecule has 0 spiro atoms. The summed E-state index contributed by atoms with van der Waals surface area (Å²) in [5.74, 6) is -27.2. The molecule has 16 amide bonds. The zero-order valence-electron chi connectivity index (χ0n) is 72.4. The molecule has 0 bridgehead atoms. The molecule has 1 fully saturated rings. The van der Waals surface area contributed by atoms with Gasteiger partial charge >= 0.3 is 23.9 Å². The molecule has 56 nitrogen and oxygen atoms in total. The first-order chi connectivity index (χ1) is 62.7. The maximum Gasteiger partial charge on any atom is 0.328 e. The van der Waals surface area contributed by atoms with Gasteiger partial charge in [-0.25, -0.2) is 19.7 Å². The van der Waals surface area contributed by atoms with Gasteiger partial charge in [0.1, 0.15) is 90.6 Å². The van der Waals surface area contributed by atoms with Crippen LogP contribution in [0.5, 0.6) is 0 Å². The van der Waals surface area contributed by atoms with E-state index in [0.717, 1.165) is 32.6 Å². The molecule has 4 aromatic rings. The van der Waals surface area contributed by atoms with Gasteiger partial charge in [0.2, 0.25) is 94.5 Å². The van der Waals surface area contributed by atoms with Crippen molar-refractivity contribution in [3.63, 3.8) is 0 Å². The van der Waals surface area contributed by atoms with E-state index in [1.807, 2.05) is 10.6 Å². The van der Waals surface area contributed by atoms with Crippen LogP contribution in [0.4, 0.5) is 0 Å². The number of primary amides is 1. The molecule has 0 saturated carbocycles. The first-order valence-corrected chi connectivity index (χ1v) is 41.3. The largest absolute Gasteiger partial charge is 0.481 e. The molecule has 1 saturated heterocycles. The lowest BCUT2D eigenvalue weighted by atomic mass is 10.0. The van der Waals surface area contributed by atoms with Crippen LogP contribution in [0.15, 0.2) is 67.9 Å². The van der Waals surface area contributed by atoms with Crippen molar-refractivity contribution in [1.29, 1.82) is 10.8 Å². The number of carboxylic acid groups (broad SMARTS) is 4. The van der Waals surface area contributed by atoms with E-state index in [0.29, 0.717) is 5.56 Å². The normalized spacial score (nSPS) is 16.0. The van der Waals surface area contributed by atoms with Gasteiger partial charge in [-0.1, -0.05) is 30.3 Å². The lowest BCUT2D eigenvalue weighted by Gasteiger charge is -2.31. The monoisotopic (exact) mass is 1880 g/mol. The van der Waals surface area contributed by atoms with E-state index in [1.165, 1.54) is 37.6 Å². The van der Waals surface area contributed by atoms with Gasteiger partial charge in [-0.15, -0.1) is 0 Å². The van der Waals surface area contributed by atoms with Crippen LogP contribution in [-0.4, -0.2) is 336 Å². The highest BCUT2D eigenvalue weighted by molar-refractivity contribution is 6.03. The molecular formula is C77H113N29O27. The van der Waals surface area contributed by atoms with Gasteiger partial charge in [-0.3, -0.25) is 102 Å². The minimum Gasteiger partial charge on any atom is -0.481 e. The SMILES string of the molecule is C[C@H](NC(=O)[C@H](CC(N)=O)NC(=O)[C@H](Cc1c[nH]cn1)NC(=O)[C@H](Cc1c[nH]cn1)NC(=O)[C@H](CC(=O)O)NC(=O)[C@@H]1CCCN1C(=O)[C@H](Cc1ccccc1)NC(=O)[C@H](C)NC(=O)[C@H](CC(=O)O)NC(=O)[C@H](CC(=O)O)NC(=O)[C@@H](NC(=O)[C@H](Cc1c[nH]cn1)NC(=O)[C@@H](N)CCCNC(=N)N)[C@@H](C)O)C(=O)N[C@@H](CCCNC(=N)N)C(=O)N[C@H](C(=O)N[C@@H](CO)C(=O)O)[C@@H](C)O. The van der Waals surface area contributed by atoms with Gasteiger partial charge in [0.05, 0.1) is 86.6 Å². The minimum absolute atomic E-state index is 0.0236. The number of guanidine groups is 2. The minimum atomic E-state index is -2.21. The van der Waals surface area contributed by atoms with E-state index >= 15 is 0 Å². The van der Waals surface area contributed by atoms with E-state index < -0.39 is 278 Å². The number of nitrogens with zero attached hydrogens (tertiary/aromatic N) is 4. The van der Waals surface area contributed by atoms with E-state index in [4.69, 9.17) is 33.8 Å². The molecule has 3 aromatic heterocycles. The molecule has 0 unspecified atom stereocenters. The number of aromatic amines is 3. The Balaban J connectivity index is 1.33. The highest BCUT2D eigenvalue weighted by Crippen LogP contribution is 2.22. The molecule has 0 radical (unpaired) electrons. The first-order valence-electron chi connectivity index (χ1n) is 41.3. The van der Waals surface area contributed by atoms with Gasteiger partial charge in [-0.2, -0.15) is 0 Å². The summed E-state index contributed by atoms with van der Waals surface area (Å²) in [5.41, 5.74) is 23.0. The first kappa shape index (κ1) is 108. The van der Waals surface area contributed by atoms with Crippen LogP contribution in [0.3, 0.4) is 0 Å². The van der Waals surface area contributed by atoms with Crippen molar-refractivity contribution >= 4 is 130 Å². The molecule has 133 heavy (non-hydrogen) atoms. The number of aliphatic hydroxyl groups is 3. The lowest BCUT2D eigenvalue weighted by molar-refractivity contribution is -0.144. The van der Waals surface area contributed by atoms with Crippen molar-refractivity contribution in [3.8, 4) is 0 Å².